The Hall–Kier alpha value is -2.83. The molecule has 1 aliphatic heterocycles. The Morgan fingerprint density at radius 1 is 1.30 bits per heavy atom. The summed E-state index contributed by atoms with van der Waals surface area (Å²) in [5.74, 6) is -0.723. The lowest BCUT2D eigenvalue weighted by atomic mass is 10.0. The summed E-state index contributed by atoms with van der Waals surface area (Å²) in [7, 11) is 0. The number of benzene rings is 1. The first-order valence-electron chi connectivity index (χ1n) is 7.18. The van der Waals surface area contributed by atoms with E-state index in [0.717, 1.165) is 0 Å². The van der Waals surface area contributed by atoms with E-state index in [1.165, 1.54) is 4.90 Å². The molecule has 0 spiro atoms. The minimum Gasteiger partial charge on any atom is -0.491 e. The molecule has 3 rings (SSSR count). The highest BCUT2D eigenvalue weighted by molar-refractivity contribution is 5.95. The molecule has 1 amide bonds. The molecule has 0 saturated heterocycles. The number of hydrogen-bond donors (Lipinski definition) is 1. The summed E-state index contributed by atoms with van der Waals surface area (Å²) in [6.07, 6.45) is 0. The number of ether oxygens (including phenoxy) is 1. The van der Waals surface area contributed by atoms with E-state index in [1.807, 2.05) is 0 Å². The monoisotopic (exact) mass is 316 g/mol. The van der Waals surface area contributed by atoms with Crippen molar-refractivity contribution in [3.63, 3.8) is 0 Å². The average Bonchev–Trinajstić information content (AvgIpc) is 2.74. The van der Waals surface area contributed by atoms with Gasteiger partial charge in [-0.25, -0.2) is 9.78 Å². The Bertz CT molecular complexity index is 768. The number of amides is 1. The highest BCUT2D eigenvalue weighted by Gasteiger charge is 2.37. The van der Waals surface area contributed by atoms with Gasteiger partial charge in [0.05, 0.1) is 12.2 Å². The van der Waals surface area contributed by atoms with Crippen molar-refractivity contribution in [1.29, 1.82) is 0 Å². The van der Waals surface area contributed by atoms with E-state index in [0.29, 0.717) is 22.9 Å². The Morgan fingerprint density at radius 3 is 2.70 bits per heavy atom. The maximum Gasteiger partial charge on any atom is 0.331 e. The van der Waals surface area contributed by atoms with E-state index < -0.39 is 17.9 Å². The van der Waals surface area contributed by atoms with Crippen molar-refractivity contribution in [2.45, 2.75) is 19.9 Å². The van der Waals surface area contributed by atoms with E-state index in [4.69, 9.17) is 9.15 Å². The summed E-state index contributed by atoms with van der Waals surface area (Å²) in [4.78, 5) is 29.9. The van der Waals surface area contributed by atoms with E-state index in [2.05, 4.69) is 4.98 Å². The topological polar surface area (TPSA) is 92.9 Å². The molecule has 1 aromatic carbocycles. The number of para-hydroxylation sites is 1. The highest BCUT2D eigenvalue weighted by Crippen LogP contribution is 2.33. The normalized spacial score (nSPS) is 17.1. The number of aromatic nitrogens is 1. The molecular weight excluding hydrogens is 300 g/mol. The molecule has 0 bridgehead atoms. The van der Waals surface area contributed by atoms with Gasteiger partial charge in [-0.15, -0.1) is 0 Å². The van der Waals surface area contributed by atoms with Gasteiger partial charge in [-0.3, -0.25) is 4.79 Å². The van der Waals surface area contributed by atoms with Crippen LogP contribution in [0.3, 0.4) is 0 Å². The zero-order valence-corrected chi connectivity index (χ0v) is 12.8. The van der Waals surface area contributed by atoms with E-state index in [-0.39, 0.29) is 18.9 Å². The number of hydrogen-bond acceptors (Lipinski definition) is 5. The lowest BCUT2D eigenvalue weighted by molar-refractivity contribution is -0.142. The van der Waals surface area contributed by atoms with Gasteiger partial charge in [-0.2, -0.15) is 0 Å². The lowest BCUT2D eigenvalue weighted by Crippen LogP contribution is -2.40. The Balaban J connectivity index is 2.05. The highest BCUT2D eigenvalue weighted by atomic mass is 16.5. The summed E-state index contributed by atoms with van der Waals surface area (Å²) < 4.78 is 10.9. The molecule has 0 saturated carbocycles. The van der Waals surface area contributed by atoms with Crippen LogP contribution in [0.15, 0.2) is 28.7 Å². The second-order valence-electron chi connectivity index (χ2n) is 5.27. The zero-order valence-electron chi connectivity index (χ0n) is 12.8. The van der Waals surface area contributed by atoms with Gasteiger partial charge in [-0.1, -0.05) is 18.2 Å². The molecule has 23 heavy (non-hydrogen) atoms. The van der Waals surface area contributed by atoms with Crippen molar-refractivity contribution < 1.29 is 23.8 Å². The molecule has 2 heterocycles. The molecule has 2 aromatic rings. The van der Waals surface area contributed by atoms with Crippen LogP contribution in [-0.4, -0.2) is 40.0 Å². The average molecular weight is 316 g/mol. The lowest BCUT2D eigenvalue weighted by Gasteiger charge is -2.26. The number of nitrogens with zero attached hydrogens (tertiary/aromatic N) is 2. The van der Waals surface area contributed by atoms with Crippen LogP contribution in [0.5, 0.6) is 5.75 Å². The number of rotatable bonds is 2. The number of oxazole rings is 1. The fraction of sp³-hybridized carbons (Fsp3) is 0.312. The molecule has 7 heteroatoms. The maximum absolute atomic E-state index is 12.8. The molecule has 1 N–H and O–H groups in total. The van der Waals surface area contributed by atoms with Gasteiger partial charge in [0.25, 0.3) is 5.91 Å². The Labute approximate surface area is 132 Å². The molecule has 120 valence electrons. The smallest absolute Gasteiger partial charge is 0.331 e. The SMILES string of the molecule is Cc1nc(C)c(C(=O)N2CCOc3ccccc3C2C(=O)O)o1. The first-order valence-corrected chi connectivity index (χ1v) is 7.18. The largest absolute Gasteiger partial charge is 0.491 e. The van der Waals surface area contributed by atoms with Crippen LogP contribution in [0.2, 0.25) is 0 Å². The van der Waals surface area contributed by atoms with Crippen molar-refractivity contribution in [1.82, 2.24) is 9.88 Å². The van der Waals surface area contributed by atoms with Gasteiger partial charge >= 0.3 is 5.97 Å². The number of carboxylic acid groups (broad SMARTS) is 1. The summed E-state index contributed by atoms with van der Waals surface area (Å²) in [5.41, 5.74) is 0.884. The van der Waals surface area contributed by atoms with E-state index >= 15 is 0 Å². The van der Waals surface area contributed by atoms with Crippen molar-refractivity contribution >= 4 is 11.9 Å². The van der Waals surface area contributed by atoms with Gasteiger partial charge in [0, 0.05) is 12.5 Å². The summed E-state index contributed by atoms with van der Waals surface area (Å²) in [6, 6.07) is 5.70. The second kappa shape index (κ2) is 5.75. The molecule has 0 fully saturated rings. The summed E-state index contributed by atoms with van der Waals surface area (Å²) >= 11 is 0. The first-order chi connectivity index (χ1) is 11.0. The molecule has 0 radical (unpaired) electrons. The molecule has 0 aliphatic carbocycles. The molecule has 1 unspecified atom stereocenters. The van der Waals surface area contributed by atoms with E-state index in [9.17, 15) is 14.7 Å². The second-order valence-corrected chi connectivity index (χ2v) is 5.27. The van der Waals surface area contributed by atoms with Crippen LogP contribution in [0.4, 0.5) is 0 Å². The van der Waals surface area contributed by atoms with Gasteiger partial charge < -0.3 is 19.2 Å². The quantitative estimate of drug-likeness (QED) is 0.910. The third kappa shape index (κ3) is 2.65. The molecule has 1 aliphatic rings. The van der Waals surface area contributed by atoms with Gasteiger partial charge in [0.2, 0.25) is 5.76 Å². The fourth-order valence-corrected chi connectivity index (χ4v) is 2.73. The van der Waals surface area contributed by atoms with Gasteiger partial charge in [-0.05, 0) is 13.0 Å². The van der Waals surface area contributed by atoms with Crippen LogP contribution in [-0.2, 0) is 4.79 Å². The first kappa shape index (κ1) is 15.1. The summed E-state index contributed by atoms with van der Waals surface area (Å²) in [5, 5.41) is 9.66. The minimum absolute atomic E-state index is 0.0631. The van der Waals surface area contributed by atoms with Gasteiger partial charge in [0.15, 0.2) is 11.9 Å². The van der Waals surface area contributed by atoms with Crippen LogP contribution >= 0.6 is 0 Å². The zero-order chi connectivity index (χ0) is 16.6. The van der Waals surface area contributed by atoms with Crippen LogP contribution in [0.25, 0.3) is 0 Å². The van der Waals surface area contributed by atoms with E-state index in [1.54, 1.807) is 38.1 Å². The van der Waals surface area contributed by atoms with Crippen molar-refractivity contribution in [2.24, 2.45) is 0 Å². The predicted octanol–water partition coefficient (Wildman–Crippen LogP) is 1.95. The molecular formula is C16H16N2O5. The number of carbonyl (C=O) groups excluding carboxylic acids is 1. The third-order valence-corrected chi connectivity index (χ3v) is 3.71. The standard InChI is InChI=1S/C16H16N2O5/c1-9-14(23-10(2)17-9)15(19)18-7-8-22-12-6-4-3-5-11(12)13(18)16(20)21/h3-6,13H,7-8H2,1-2H3,(H,20,21). The fourth-order valence-electron chi connectivity index (χ4n) is 2.73. The Kier molecular flexibility index (Phi) is 3.77. The molecule has 1 atom stereocenters. The van der Waals surface area contributed by atoms with Crippen LogP contribution in [0.1, 0.15) is 33.7 Å². The van der Waals surface area contributed by atoms with Crippen LogP contribution in [0, 0.1) is 13.8 Å². The molecule has 1 aromatic heterocycles. The van der Waals surface area contributed by atoms with Gasteiger partial charge in [0.1, 0.15) is 12.4 Å². The number of carboxylic acids is 1. The predicted molar refractivity (Wildman–Crippen MR) is 79.3 cm³/mol. The van der Waals surface area contributed by atoms with Crippen molar-refractivity contribution in [3.8, 4) is 5.75 Å². The summed E-state index contributed by atoms with van der Waals surface area (Å²) in [6.45, 7) is 3.64. The number of aryl methyl sites for hydroxylation is 2. The maximum atomic E-state index is 12.8. The van der Waals surface area contributed by atoms with Crippen LogP contribution < -0.4 is 4.74 Å². The number of carbonyl (C=O) groups is 2. The Morgan fingerprint density at radius 2 is 2.04 bits per heavy atom. The third-order valence-electron chi connectivity index (χ3n) is 3.71. The van der Waals surface area contributed by atoms with Crippen molar-refractivity contribution in [3.05, 3.63) is 47.2 Å². The number of fused-ring (bicyclic) bond motifs is 1. The molecule has 7 nitrogen and oxygen atoms in total. The minimum atomic E-state index is -1.13. The van der Waals surface area contributed by atoms with Crippen molar-refractivity contribution in [2.75, 3.05) is 13.2 Å². The number of aliphatic carboxylic acids is 1.